The summed E-state index contributed by atoms with van der Waals surface area (Å²) in [6.45, 7) is 4.55. The van der Waals surface area contributed by atoms with Crippen molar-refractivity contribution in [3.63, 3.8) is 0 Å². The van der Waals surface area contributed by atoms with E-state index in [0.29, 0.717) is 12.5 Å². The highest BCUT2D eigenvalue weighted by atomic mass is 16.3. The van der Waals surface area contributed by atoms with Gasteiger partial charge in [0.25, 0.3) is 0 Å². The van der Waals surface area contributed by atoms with Crippen LogP contribution in [0.15, 0.2) is 6.20 Å². The SMILES string of the molecule is CCc1[nH]ncc1N1CCC(CO)CC1. The van der Waals surface area contributed by atoms with Crippen molar-refractivity contribution in [3.8, 4) is 0 Å². The summed E-state index contributed by atoms with van der Waals surface area (Å²) in [6, 6.07) is 0. The molecule has 1 aliphatic rings. The Kier molecular flexibility index (Phi) is 3.26. The van der Waals surface area contributed by atoms with Crippen LogP contribution < -0.4 is 4.90 Å². The summed E-state index contributed by atoms with van der Waals surface area (Å²) in [7, 11) is 0. The highest BCUT2D eigenvalue weighted by Gasteiger charge is 2.20. The number of piperidine rings is 1. The molecule has 0 bridgehead atoms. The minimum Gasteiger partial charge on any atom is -0.396 e. The van der Waals surface area contributed by atoms with Gasteiger partial charge in [-0.25, -0.2) is 0 Å². The summed E-state index contributed by atoms with van der Waals surface area (Å²) in [5, 5.41) is 16.2. The first kappa shape index (κ1) is 10.5. The van der Waals surface area contributed by atoms with Crippen molar-refractivity contribution in [2.24, 2.45) is 5.92 Å². The predicted octanol–water partition coefficient (Wildman–Crippen LogP) is 1.18. The standard InChI is InChI=1S/C11H19N3O/c1-2-10-11(7-12-13-10)14-5-3-9(8-15)4-6-14/h7,9,15H,2-6,8H2,1H3,(H,12,13). The zero-order chi connectivity index (χ0) is 10.7. The van der Waals surface area contributed by atoms with E-state index in [2.05, 4.69) is 22.0 Å². The summed E-state index contributed by atoms with van der Waals surface area (Å²) in [6.07, 6.45) is 5.09. The van der Waals surface area contributed by atoms with Gasteiger partial charge in [0.2, 0.25) is 0 Å². The van der Waals surface area contributed by atoms with Crippen LogP contribution in [0.25, 0.3) is 0 Å². The molecular formula is C11H19N3O. The Morgan fingerprint density at radius 3 is 2.87 bits per heavy atom. The van der Waals surface area contributed by atoms with Gasteiger partial charge >= 0.3 is 0 Å². The molecule has 0 aliphatic carbocycles. The third-order valence-corrected chi connectivity index (χ3v) is 3.26. The zero-order valence-corrected chi connectivity index (χ0v) is 9.24. The molecule has 15 heavy (non-hydrogen) atoms. The van der Waals surface area contributed by atoms with Crippen LogP contribution in [0.3, 0.4) is 0 Å². The molecule has 1 aliphatic heterocycles. The number of rotatable bonds is 3. The van der Waals surface area contributed by atoms with E-state index in [1.165, 1.54) is 11.4 Å². The normalized spacial score (nSPS) is 18.4. The van der Waals surface area contributed by atoms with Crippen LogP contribution in [0, 0.1) is 5.92 Å². The van der Waals surface area contributed by atoms with Crippen molar-refractivity contribution in [1.82, 2.24) is 10.2 Å². The monoisotopic (exact) mass is 209 g/mol. The number of anilines is 1. The molecular weight excluding hydrogens is 190 g/mol. The second kappa shape index (κ2) is 4.66. The summed E-state index contributed by atoms with van der Waals surface area (Å²) in [5.41, 5.74) is 2.46. The number of hydrogen-bond acceptors (Lipinski definition) is 3. The lowest BCUT2D eigenvalue weighted by atomic mass is 9.97. The molecule has 1 aromatic heterocycles. The molecule has 2 N–H and O–H groups in total. The van der Waals surface area contributed by atoms with Crippen LogP contribution in [-0.4, -0.2) is 35.0 Å². The van der Waals surface area contributed by atoms with E-state index < -0.39 is 0 Å². The largest absolute Gasteiger partial charge is 0.396 e. The smallest absolute Gasteiger partial charge is 0.0782 e. The highest BCUT2D eigenvalue weighted by Crippen LogP contribution is 2.24. The van der Waals surface area contributed by atoms with Gasteiger partial charge < -0.3 is 10.0 Å². The van der Waals surface area contributed by atoms with E-state index in [4.69, 9.17) is 5.11 Å². The van der Waals surface area contributed by atoms with E-state index in [0.717, 1.165) is 32.4 Å². The summed E-state index contributed by atoms with van der Waals surface area (Å²) in [5.74, 6) is 0.498. The Bertz CT molecular complexity index is 303. The average molecular weight is 209 g/mol. The maximum atomic E-state index is 9.07. The fourth-order valence-electron chi connectivity index (χ4n) is 2.20. The Morgan fingerprint density at radius 1 is 1.53 bits per heavy atom. The van der Waals surface area contributed by atoms with Gasteiger partial charge in [0, 0.05) is 19.7 Å². The molecule has 0 radical (unpaired) electrons. The molecule has 1 saturated heterocycles. The van der Waals surface area contributed by atoms with Crippen molar-refractivity contribution in [3.05, 3.63) is 11.9 Å². The Balaban J connectivity index is 2.01. The number of hydrogen-bond donors (Lipinski definition) is 2. The minimum atomic E-state index is 0.333. The van der Waals surface area contributed by atoms with Gasteiger partial charge in [-0.1, -0.05) is 6.92 Å². The van der Waals surface area contributed by atoms with Gasteiger partial charge in [-0.2, -0.15) is 5.10 Å². The quantitative estimate of drug-likeness (QED) is 0.786. The molecule has 0 saturated carbocycles. The van der Waals surface area contributed by atoms with Gasteiger partial charge in [-0.3, -0.25) is 5.10 Å². The van der Waals surface area contributed by atoms with E-state index in [1.54, 1.807) is 0 Å². The number of aliphatic hydroxyl groups excluding tert-OH is 1. The molecule has 2 rings (SSSR count). The first-order valence-electron chi connectivity index (χ1n) is 5.73. The van der Waals surface area contributed by atoms with Gasteiger partial charge in [0.15, 0.2) is 0 Å². The summed E-state index contributed by atoms with van der Waals surface area (Å²) < 4.78 is 0. The molecule has 1 fully saturated rings. The highest BCUT2D eigenvalue weighted by molar-refractivity contribution is 5.49. The van der Waals surface area contributed by atoms with Crippen LogP contribution >= 0.6 is 0 Å². The number of nitrogens with one attached hydrogen (secondary N) is 1. The molecule has 0 spiro atoms. The zero-order valence-electron chi connectivity index (χ0n) is 9.24. The van der Waals surface area contributed by atoms with Crippen LogP contribution in [0.4, 0.5) is 5.69 Å². The van der Waals surface area contributed by atoms with Gasteiger partial charge in [0.1, 0.15) is 0 Å². The topological polar surface area (TPSA) is 52.2 Å². The number of aryl methyl sites for hydroxylation is 1. The van der Waals surface area contributed by atoms with Crippen molar-refractivity contribution < 1.29 is 5.11 Å². The number of aromatic amines is 1. The van der Waals surface area contributed by atoms with Crippen molar-refractivity contribution in [2.45, 2.75) is 26.2 Å². The van der Waals surface area contributed by atoms with Gasteiger partial charge in [-0.05, 0) is 25.2 Å². The molecule has 4 heteroatoms. The third-order valence-electron chi connectivity index (χ3n) is 3.26. The van der Waals surface area contributed by atoms with Crippen LogP contribution in [0.5, 0.6) is 0 Å². The Hall–Kier alpha value is -1.03. The lowest BCUT2D eigenvalue weighted by Crippen LogP contribution is -2.35. The second-order valence-corrected chi connectivity index (χ2v) is 4.20. The third kappa shape index (κ3) is 2.15. The molecule has 0 atom stereocenters. The second-order valence-electron chi connectivity index (χ2n) is 4.20. The van der Waals surface area contributed by atoms with Crippen molar-refractivity contribution in [1.29, 1.82) is 0 Å². The number of H-pyrrole nitrogens is 1. The van der Waals surface area contributed by atoms with Gasteiger partial charge in [0.05, 0.1) is 17.6 Å². The fraction of sp³-hybridized carbons (Fsp3) is 0.727. The average Bonchev–Trinajstić information content (AvgIpc) is 2.77. The minimum absolute atomic E-state index is 0.333. The molecule has 2 heterocycles. The number of aliphatic hydroxyl groups is 1. The molecule has 0 unspecified atom stereocenters. The maximum absolute atomic E-state index is 9.07. The van der Waals surface area contributed by atoms with Crippen molar-refractivity contribution >= 4 is 5.69 Å². The Morgan fingerprint density at radius 2 is 2.27 bits per heavy atom. The van der Waals surface area contributed by atoms with E-state index in [-0.39, 0.29) is 0 Å². The summed E-state index contributed by atoms with van der Waals surface area (Å²) in [4.78, 5) is 2.37. The molecule has 0 amide bonds. The van der Waals surface area contributed by atoms with E-state index in [1.807, 2.05) is 6.20 Å². The lowest BCUT2D eigenvalue weighted by molar-refractivity contribution is 0.203. The Labute approximate surface area is 90.3 Å². The molecule has 84 valence electrons. The molecule has 1 aromatic rings. The van der Waals surface area contributed by atoms with Crippen LogP contribution in [0.2, 0.25) is 0 Å². The fourth-order valence-corrected chi connectivity index (χ4v) is 2.20. The predicted molar refractivity (Wildman–Crippen MR) is 60.0 cm³/mol. The first-order chi connectivity index (χ1) is 7.35. The van der Waals surface area contributed by atoms with E-state index in [9.17, 15) is 0 Å². The van der Waals surface area contributed by atoms with Crippen molar-refractivity contribution in [2.75, 3.05) is 24.6 Å². The lowest BCUT2D eigenvalue weighted by Gasteiger charge is -2.32. The first-order valence-corrected chi connectivity index (χ1v) is 5.73. The molecule has 4 nitrogen and oxygen atoms in total. The maximum Gasteiger partial charge on any atom is 0.0782 e. The molecule has 0 aromatic carbocycles. The van der Waals surface area contributed by atoms with E-state index >= 15 is 0 Å². The number of nitrogens with zero attached hydrogens (tertiary/aromatic N) is 2. The number of aromatic nitrogens is 2. The van der Waals surface area contributed by atoms with Gasteiger partial charge in [-0.15, -0.1) is 0 Å². The van der Waals surface area contributed by atoms with Crippen LogP contribution in [-0.2, 0) is 6.42 Å². The summed E-state index contributed by atoms with van der Waals surface area (Å²) >= 11 is 0. The van der Waals surface area contributed by atoms with Crippen LogP contribution in [0.1, 0.15) is 25.5 Å².